The molecule has 3 aromatic carbocycles. The van der Waals surface area contributed by atoms with Crippen molar-refractivity contribution in [1.82, 2.24) is 4.57 Å². The quantitative estimate of drug-likeness (QED) is 0.295. The number of methoxy groups -OCH3 is 1. The van der Waals surface area contributed by atoms with E-state index in [4.69, 9.17) is 9.47 Å². The van der Waals surface area contributed by atoms with Crippen molar-refractivity contribution < 1.29 is 14.3 Å². The number of benzene rings is 3. The van der Waals surface area contributed by atoms with E-state index in [0.717, 1.165) is 38.4 Å². The minimum atomic E-state index is -0.356. The summed E-state index contributed by atoms with van der Waals surface area (Å²) in [5, 5.41) is 0. The van der Waals surface area contributed by atoms with Gasteiger partial charge in [0.15, 0.2) is 0 Å². The second-order valence-corrected chi connectivity index (χ2v) is 8.07. The molecular formula is C26H22BrNO3. The van der Waals surface area contributed by atoms with E-state index in [1.807, 2.05) is 72.8 Å². The molecule has 5 heteroatoms. The third-order valence-electron chi connectivity index (χ3n) is 5.05. The maximum absolute atomic E-state index is 12.0. The van der Waals surface area contributed by atoms with Crippen molar-refractivity contribution in [3.63, 3.8) is 0 Å². The van der Waals surface area contributed by atoms with E-state index >= 15 is 0 Å². The second-order valence-electron chi connectivity index (χ2n) is 7.15. The highest BCUT2D eigenvalue weighted by atomic mass is 79.9. The Morgan fingerprint density at radius 2 is 1.74 bits per heavy atom. The average molecular weight is 476 g/mol. The minimum Gasteiger partial charge on any atom is -0.487 e. The molecule has 1 aromatic heterocycles. The molecule has 0 unspecified atom stereocenters. The Balaban J connectivity index is 1.77. The molecule has 0 amide bonds. The Bertz CT molecular complexity index is 1210. The molecule has 0 radical (unpaired) electrons. The van der Waals surface area contributed by atoms with Crippen LogP contribution in [0, 0.1) is 6.92 Å². The molecule has 0 N–H and O–H groups in total. The normalized spacial score (nSPS) is 10.7. The maximum atomic E-state index is 12.0. The Morgan fingerprint density at radius 3 is 2.52 bits per heavy atom. The lowest BCUT2D eigenvalue weighted by atomic mass is 10.1. The van der Waals surface area contributed by atoms with Crippen LogP contribution in [0.3, 0.4) is 0 Å². The molecular weight excluding hydrogens is 454 g/mol. The van der Waals surface area contributed by atoms with Gasteiger partial charge in [0.25, 0.3) is 0 Å². The number of carbonyl (C=O) groups is 1. The molecule has 4 rings (SSSR count). The molecule has 0 fully saturated rings. The number of hydrogen-bond acceptors (Lipinski definition) is 3. The molecule has 0 atom stereocenters. The van der Waals surface area contributed by atoms with Crippen LogP contribution >= 0.6 is 15.9 Å². The first-order chi connectivity index (χ1) is 15.1. The molecule has 1 heterocycles. The minimum absolute atomic E-state index is 0.356. The van der Waals surface area contributed by atoms with E-state index in [0.29, 0.717) is 12.2 Å². The van der Waals surface area contributed by atoms with Gasteiger partial charge in [-0.15, -0.1) is 0 Å². The summed E-state index contributed by atoms with van der Waals surface area (Å²) in [4.78, 5) is 12.0. The zero-order chi connectivity index (χ0) is 21.8. The Hall–Kier alpha value is -3.31. The number of rotatable bonds is 6. The zero-order valence-electron chi connectivity index (χ0n) is 17.3. The van der Waals surface area contributed by atoms with Gasteiger partial charge in [0.2, 0.25) is 0 Å². The number of hydrogen-bond donors (Lipinski definition) is 0. The molecule has 0 aliphatic rings. The highest BCUT2D eigenvalue weighted by Gasteiger charge is 2.16. The largest absolute Gasteiger partial charge is 0.487 e. The van der Waals surface area contributed by atoms with Crippen molar-refractivity contribution in [3.8, 4) is 22.7 Å². The van der Waals surface area contributed by atoms with Crippen LogP contribution in [-0.4, -0.2) is 17.6 Å². The smallest absolute Gasteiger partial charge is 0.337 e. The van der Waals surface area contributed by atoms with E-state index in [1.54, 1.807) is 6.07 Å². The predicted molar refractivity (Wildman–Crippen MR) is 126 cm³/mol. The van der Waals surface area contributed by atoms with Gasteiger partial charge in [0, 0.05) is 10.2 Å². The molecule has 0 saturated carbocycles. The molecule has 31 heavy (non-hydrogen) atoms. The Morgan fingerprint density at radius 1 is 0.935 bits per heavy atom. The number of carbonyl (C=O) groups excluding carboxylic acids is 1. The maximum Gasteiger partial charge on any atom is 0.337 e. The molecule has 0 aliphatic heterocycles. The first kappa shape index (κ1) is 20.9. The third kappa shape index (κ3) is 4.57. The van der Waals surface area contributed by atoms with Gasteiger partial charge in [-0.05, 0) is 60.5 Å². The summed E-state index contributed by atoms with van der Waals surface area (Å²) in [7, 11) is 1.39. The number of esters is 1. The van der Waals surface area contributed by atoms with E-state index in [9.17, 15) is 4.79 Å². The lowest BCUT2D eigenvalue weighted by molar-refractivity contribution is 0.0601. The summed E-state index contributed by atoms with van der Waals surface area (Å²) in [5.41, 5.74) is 5.48. The fourth-order valence-corrected chi connectivity index (χ4v) is 3.88. The lowest BCUT2D eigenvalue weighted by Gasteiger charge is -2.18. The summed E-state index contributed by atoms with van der Waals surface area (Å²) in [6, 6.07) is 27.6. The molecule has 0 spiro atoms. The van der Waals surface area contributed by atoms with Gasteiger partial charge in [0.1, 0.15) is 12.4 Å². The van der Waals surface area contributed by atoms with Gasteiger partial charge in [-0.25, -0.2) is 4.79 Å². The van der Waals surface area contributed by atoms with Crippen LogP contribution in [0.5, 0.6) is 5.75 Å². The van der Waals surface area contributed by atoms with Crippen molar-refractivity contribution >= 4 is 21.9 Å². The number of nitrogens with zero attached hydrogens (tertiary/aromatic N) is 1. The van der Waals surface area contributed by atoms with Gasteiger partial charge in [-0.2, -0.15) is 0 Å². The number of halogens is 1. The fourth-order valence-electron chi connectivity index (χ4n) is 3.53. The van der Waals surface area contributed by atoms with Crippen molar-refractivity contribution in [2.75, 3.05) is 7.11 Å². The van der Waals surface area contributed by atoms with E-state index in [1.165, 1.54) is 7.11 Å². The van der Waals surface area contributed by atoms with Gasteiger partial charge < -0.3 is 14.0 Å². The second kappa shape index (κ2) is 9.23. The third-order valence-corrected chi connectivity index (χ3v) is 5.55. The molecule has 0 bridgehead atoms. The Labute approximate surface area is 190 Å². The van der Waals surface area contributed by atoms with Crippen LogP contribution in [0.4, 0.5) is 0 Å². The van der Waals surface area contributed by atoms with Gasteiger partial charge >= 0.3 is 5.97 Å². The fraction of sp³-hybridized carbons (Fsp3) is 0.115. The number of ether oxygens (including phenoxy) is 2. The number of aromatic nitrogens is 1. The first-order valence-corrected chi connectivity index (χ1v) is 10.7. The van der Waals surface area contributed by atoms with E-state index < -0.39 is 0 Å². The standard InChI is InChI=1S/C26H22BrNO3/c1-18-11-13-23(20-9-6-10-21(15-20)26(29)30-2)28(18)24-16-22(27)12-14-25(24)31-17-19-7-4-3-5-8-19/h3-16H,17H2,1-2H3. The molecule has 4 aromatic rings. The van der Waals surface area contributed by atoms with Crippen LogP contribution in [-0.2, 0) is 11.3 Å². The zero-order valence-corrected chi connectivity index (χ0v) is 18.9. The summed E-state index contributed by atoms with van der Waals surface area (Å²) < 4.78 is 14.2. The van der Waals surface area contributed by atoms with Crippen molar-refractivity contribution in [1.29, 1.82) is 0 Å². The highest BCUT2D eigenvalue weighted by molar-refractivity contribution is 9.10. The van der Waals surface area contributed by atoms with Gasteiger partial charge in [-0.3, -0.25) is 0 Å². The predicted octanol–water partition coefficient (Wildman–Crippen LogP) is 6.58. The molecule has 4 nitrogen and oxygen atoms in total. The van der Waals surface area contributed by atoms with Crippen LogP contribution < -0.4 is 4.74 Å². The summed E-state index contributed by atoms with van der Waals surface area (Å²) in [6.45, 7) is 2.53. The summed E-state index contributed by atoms with van der Waals surface area (Å²) in [6.07, 6.45) is 0. The Kier molecular flexibility index (Phi) is 6.23. The van der Waals surface area contributed by atoms with Crippen LogP contribution in [0.25, 0.3) is 16.9 Å². The lowest BCUT2D eigenvalue weighted by Crippen LogP contribution is -2.05. The molecule has 0 aliphatic carbocycles. The van der Waals surface area contributed by atoms with Crippen LogP contribution in [0.1, 0.15) is 21.6 Å². The molecule has 156 valence electrons. The van der Waals surface area contributed by atoms with Crippen LogP contribution in [0.2, 0.25) is 0 Å². The number of aryl methyl sites for hydroxylation is 1. The summed E-state index contributed by atoms with van der Waals surface area (Å²) in [5.74, 6) is 0.419. The van der Waals surface area contributed by atoms with Gasteiger partial charge in [-0.1, -0.05) is 58.4 Å². The van der Waals surface area contributed by atoms with E-state index in [-0.39, 0.29) is 5.97 Å². The van der Waals surface area contributed by atoms with Gasteiger partial charge in [0.05, 0.1) is 24.1 Å². The highest BCUT2D eigenvalue weighted by Crippen LogP contribution is 2.34. The topological polar surface area (TPSA) is 40.5 Å². The average Bonchev–Trinajstić information content (AvgIpc) is 3.19. The molecule has 0 saturated heterocycles. The SMILES string of the molecule is COC(=O)c1cccc(-c2ccc(C)n2-c2cc(Br)ccc2OCc2ccccc2)c1. The van der Waals surface area contributed by atoms with Crippen LogP contribution in [0.15, 0.2) is 89.4 Å². The first-order valence-electron chi connectivity index (χ1n) is 9.90. The van der Waals surface area contributed by atoms with E-state index in [2.05, 4.69) is 33.5 Å². The summed E-state index contributed by atoms with van der Waals surface area (Å²) >= 11 is 3.59. The van der Waals surface area contributed by atoms with Crippen molar-refractivity contribution in [2.45, 2.75) is 13.5 Å². The monoisotopic (exact) mass is 475 g/mol. The van der Waals surface area contributed by atoms with Crippen molar-refractivity contribution in [3.05, 3.63) is 106 Å². The van der Waals surface area contributed by atoms with Crippen molar-refractivity contribution in [2.24, 2.45) is 0 Å².